The van der Waals surface area contributed by atoms with Gasteiger partial charge in [0, 0.05) is 30.0 Å². The molecule has 1 heterocycles. The summed E-state index contributed by atoms with van der Waals surface area (Å²) < 4.78 is 36.3. The molecule has 0 unspecified atom stereocenters. The molecule has 23 heavy (non-hydrogen) atoms. The lowest BCUT2D eigenvalue weighted by atomic mass is 10.1. The molecular weight excluding hydrogens is 318 g/mol. The first-order chi connectivity index (χ1) is 10.8. The minimum atomic E-state index is -4.94. The maximum Gasteiger partial charge on any atom is 0.212 e. The molecule has 0 spiro atoms. The SMILES string of the molecule is Cc1ccc2ccccc2[n+]1Cc1ccccc1.[O-][Cl+3]([O-])([O-])[O-]. The van der Waals surface area contributed by atoms with Crippen molar-refractivity contribution in [2.24, 2.45) is 0 Å². The van der Waals surface area contributed by atoms with Gasteiger partial charge >= 0.3 is 0 Å². The van der Waals surface area contributed by atoms with Gasteiger partial charge in [0.25, 0.3) is 0 Å². The highest BCUT2D eigenvalue weighted by atomic mass is 35.7. The van der Waals surface area contributed by atoms with Crippen molar-refractivity contribution >= 4 is 10.9 Å². The fourth-order valence-electron chi connectivity index (χ4n) is 2.34. The predicted molar refractivity (Wildman–Crippen MR) is 74.4 cm³/mol. The van der Waals surface area contributed by atoms with Crippen LogP contribution in [0.3, 0.4) is 0 Å². The summed E-state index contributed by atoms with van der Waals surface area (Å²) in [5, 5.41) is 1.29. The number of benzene rings is 2. The Morgan fingerprint density at radius 1 is 0.783 bits per heavy atom. The summed E-state index contributed by atoms with van der Waals surface area (Å²) in [5.74, 6) is 0. The summed E-state index contributed by atoms with van der Waals surface area (Å²) in [6.07, 6.45) is 0. The Bertz CT molecular complexity index is 766. The third-order valence-corrected chi connectivity index (χ3v) is 3.34. The first-order valence-electron chi connectivity index (χ1n) is 6.88. The van der Waals surface area contributed by atoms with Gasteiger partial charge in [-0.25, -0.2) is 18.6 Å². The Hall–Kier alpha value is -2.02. The zero-order chi connectivity index (χ0) is 16.9. The molecule has 0 aliphatic rings. The van der Waals surface area contributed by atoms with Crippen LogP contribution in [0.1, 0.15) is 11.3 Å². The molecule has 6 heteroatoms. The normalized spacial score (nSPS) is 11.0. The number of rotatable bonds is 2. The highest BCUT2D eigenvalue weighted by Crippen LogP contribution is 2.11. The van der Waals surface area contributed by atoms with E-state index in [-0.39, 0.29) is 0 Å². The minimum Gasteiger partial charge on any atom is -0.222 e. The van der Waals surface area contributed by atoms with Crippen LogP contribution in [-0.4, -0.2) is 0 Å². The number of hydrogen-bond donors (Lipinski definition) is 0. The third-order valence-electron chi connectivity index (χ3n) is 3.34. The van der Waals surface area contributed by atoms with Gasteiger partial charge in [0.2, 0.25) is 5.52 Å². The highest BCUT2D eigenvalue weighted by molar-refractivity contribution is 5.75. The van der Waals surface area contributed by atoms with Crippen molar-refractivity contribution in [3.05, 3.63) is 78.0 Å². The fourth-order valence-corrected chi connectivity index (χ4v) is 2.34. The second-order valence-corrected chi connectivity index (χ2v) is 5.74. The average molecular weight is 334 g/mol. The standard InChI is InChI=1S/C17H16N.ClHO4/c1-14-11-12-16-9-5-6-10-17(16)18(14)13-15-7-3-2-4-8-15;2-1(3,4)5/h2-12H,13H2,1H3;(H,2,3,4,5)/q+1;/p-1. The van der Waals surface area contributed by atoms with Gasteiger partial charge in [0.15, 0.2) is 12.2 Å². The molecule has 0 N–H and O–H groups in total. The van der Waals surface area contributed by atoms with Crippen molar-refractivity contribution in [1.29, 1.82) is 0 Å². The van der Waals surface area contributed by atoms with E-state index in [9.17, 15) is 0 Å². The van der Waals surface area contributed by atoms with E-state index in [2.05, 4.69) is 78.2 Å². The topological polar surface area (TPSA) is 96.1 Å². The van der Waals surface area contributed by atoms with Gasteiger partial charge in [-0.1, -0.05) is 42.5 Å². The number of aromatic nitrogens is 1. The summed E-state index contributed by atoms with van der Waals surface area (Å²) in [7, 11) is -4.94. The molecule has 1 aromatic heterocycles. The van der Waals surface area contributed by atoms with Crippen LogP contribution < -0.4 is 23.2 Å². The number of aryl methyl sites for hydroxylation is 1. The Labute approximate surface area is 136 Å². The van der Waals surface area contributed by atoms with E-state index in [0.717, 1.165) is 6.54 Å². The molecule has 0 saturated heterocycles. The quantitative estimate of drug-likeness (QED) is 0.546. The van der Waals surface area contributed by atoms with Crippen molar-refractivity contribution in [3.8, 4) is 0 Å². The van der Waals surface area contributed by atoms with Gasteiger partial charge in [-0.3, -0.25) is 0 Å². The monoisotopic (exact) mass is 333 g/mol. The molecule has 120 valence electrons. The summed E-state index contributed by atoms with van der Waals surface area (Å²) in [6.45, 7) is 3.09. The van der Waals surface area contributed by atoms with Crippen LogP contribution in [0.4, 0.5) is 0 Å². The largest absolute Gasteiger partial charge is 0.222 e. The molecule has 0 aliphatic heterocycles. The van der Waals surface area contributed by atoms with Crippen molar-refractivity contribution < 1.29 is 33.4 Å². The van der Waals surface area contributed by atoms with Gasteiger partial charge in [-0.05, 0) is 12.1 Å². The van der Waals surface area contributed by atoms with Gasteiger partial charge in [-0.15, -0.1) is 10.2 Å². The van der Waals surface area contributed by atoms with E-state index in [1.54, 1.807) is 0 Å². The Morgan fingerprint density at radius 2 is 1.35 bits per heavy atom. The fraction of sp³-hybridized carbons (Fsp3) is 0.118. The van der Waals surface area contributed by atoms with E-state index in [1.165, 1.54) is 22.2 Å². The van der Waals surface area contributed by atoms with Crippen molar-refractivity contribution in [3.63, 3.8) is 0 Å². The van der Waals surface area contributed by atoms with E-state index in [4.69, 9.17) is 18.6 Å². The smallest absolute Gasteiger partial charge is 0.212 e. The number of fused-ring (bicyclic) bond motifs is 1. The minimum absolute atomic E-state index is 0.925. The molecule has 0 bridgehead atoms. The van der Waals surface area contributed by atoms with E-state index >= 15 is 0 Å². The third kappa shape index (κ3) is 5.59. The molecule has 0 radical (unpaired) electrons. The molecular formula is C17H16ClNO4. The Balaban J connectivity index is 0.000000338. The van der Waals surface area contributed by atoms with Crippen LogP contribution in [0.2, 0.25) is 0 Å². The molecule has 0 saturated carbocycles. The number of pyridine rings is 1. The van der Waals surface area contributed by atoms with Gasteiger partial charge in [0.1, 0.15) is 0 Å². The van der Waals surface area contributed by atoms with Crippen LogP contribution >= 0.6 is 0 Å². The van der Waals surface area contributed by atoms with Crippen LogP contribution in [-0.2, 0) is 6.54 Å². The van der Waals surface area contributed by atoms with E-state index in [1.807, 2.05) is 0 Å². The predicted octanol–water partition coefficient (Wildman–Crippen LogP) is -1.27. The van der Waals surface area contributed by atoms with E-state index in [0.29, 0.717) is 0 Å². The van der Waals surface area contributed by atoms with Gasteiger partial charge in [-0.2, -0.15) is 4.57 Å². The second kappa shape index (κ2) is 7.50. The van der Waals surface area contributed by atoms with Crippen molar-refractivity contribution in [2.45, 2.75) is 13.5 Å². The molecule has 0 aliphatic carbocycles. The summed E-state index contributed by atoms with van der Waals surface area (Å²) in [5.41, 5.74) is 3.92. The molecule has 0 fully saturated rings. The highest BCUT2D eigenvalue weighted by Gasteiger charge is 2.12. The van der Waals surface area contributed by atoms with Crippen LogP contribution in [0.15, 0.2) is 66.7 Å². The lowest BCUT2D eigenvalue weighted by Crippen LogP contribution is -2.68. The molecule has 5 nitrogen and oxygen atoms in total. The summed E-state index contributed by atoms with van der Waals surface area (Å²) >= 11 is 0. The number of halogens is 1. The average Bonchev–Trinajstić information content (AvgIpc) is 2.50. The van der Waals surface area contributed by atoms with Crippen LogP contribution in [0.5, 0.6) is 0 Å². The lowest BCUT2D eigenvalue weighted by Gasteiger charge is -2.17. The zero-order valence-electron chi connectivity index (χ0n) is 12.5. The lowest BCUT2D eigenvalue weighted by molar-refractivity contribution is -2.00. The van der Waals surface area contributed by atoms with Crippen molar-refractivity contribution in [2.75, 3.05) is 0 Å². The summed E-state index contributed by atoms with van der Waals surface area (Å²) in [4.78, 5) is 0. The van der Waals surface area contributed by atoms with Gasteiger partial charge < -0.3 is 0 Å². The molecule has 3 rings (SSSR count). The Morgan fingerprint density at radius 3 is 2.00 bits per heavy atom. The zero-order valence-corrected chi connectivity index (χ0v) is 13.3. The number of para-hydroxylation sites is 1. The maximum absolute atomic E-state index is 8.49. The molecule has 0 atom stereocenters. The first kappa shape index (κ1) is 17.3. The molecule has 3 aromatic rings. The van der Waals surface area contributed by atoms with E-state index < -0.39 is 10.2 Å². The maximum atomic E-state index is 8.49. The molecule has 0 amide bonds. The van der Waals surface area contributed by atoms with Gasteiger partial charge in [0.05, 0.1) is 0 Å². The summed E-state index contributed by atoms with van der Waals surface area (Å²) in [6, 6.07) is 23.5. The van der Waals surface area contributed by atoms with Crippen LogP contribution in [0, 0.1) is 17.2 Å². The van der Waals surface area contributed by atoms with Crippen molar-refractivity contribution in [1.82, 2.24) is 0 Å². The number of hydrogen-bond acceptors (Lipinski definition) is 4. The number of nitrogens with zero attached hydrogens (tertiary/aromatic N) is 1. The first-order valence-corrected chi connectivity index (χ1v) is 8.12. The Kier molecular flexibility index (Phi) is 5.65. The second-order valence-electron chi connectivity index (χ2n) is 4.98. The van der Waals surface area contributed by atoms with Crippen LogP contribution in [0.25, 0.3) is 10.9 Å². The molecule has 2 aromatic carbocycles.